The average Bonchev–Trinajstić information content (AvgIpc) is 2.75. The second-order valence-corrected chi connectivity index (χ2v) is 10.0. The number of carbonyl (C=O) groups is 2. The van der Waals surface area contributed by atoms with Crippen LogP contribution in [0.4, 0.5) is 5.69 Å². The van der Waals surface area contributed by atoms with Gasteiger partial charge in [-0.05, 0) is 55.3 Å². The Morgan fingerprint density at radius 2 is 1.91 bits per heavy atom. The van der Waals surface area contributed by atoms with E-state index in [1.807, 2.05) is 12.1 Å². The van der Waals surface area contributed by atoms with Gasteiger partial charge in [-0.3, -0.25) is 14.5 Å². The molecular formula is C22H27ClN4O4S. The predicted octanol–water partition coefficient (Wildman–Crippen LogP) is 2.34. The lowest BCUT2D eigenvalue weighted by Gasteiger charge is -2.31. The van der Waals surface area contributed by atoms with Crippen LogP contribution in [0.5, 0.6) is 0 Å². The molecule has 0 saturated carbocycles. The highest BCUT2D eigenvalue weighted by Gasteiger charge is 2.23. The Balaban J connectivity index is 1.45. The lowest BCUT2D eigenvalue weighted by atomic mass is 9.97. The van der Waals surface area contributed by atoms with Crippen LogP contribution in [-0.4, -0.2) is 44.8 Å². The largest absolute Gasteiger partial charge is 0.369 e. The van der Waals surface area contributed by atoms with Crippen molar-refractivity contribution in [2.45, 2.75) is 30.7 Å². The zero-order valence-electron chi connectivity index (χ0n) is 17.6. The van der Waals surface area contributed by atoms with Crippen LogP contribution in [0.15, 0.2) is 53.4 Å². The van der Waals surface area contributed by atoms with Crippen molar-refractivity contribution < 1.29 is 18.0 Å². The molecule has 4 N–H and O–H groups in total. The summed E-state index contributed by atoms with van der Waals surface area (Å²) in [6.45, 7) is 2.27. The van der Waals surface area contributed by atoms with Gasteiger partial charge in [0.05, 0.1) is 10.8 Å². The summed E-state index contributed by atoms with van der Waals surface area (Å²) in [4.78, 5) is 25.9. The number of carbonyl (C=O) groups excluding carboxylic acids is 2. The lowest BCUT2D eigenvalue weighted by Crippen LogP contribution is -2.40. The molecule has 1 fully saturated rings. The maximum Gasteiger partial charge on any atom is 0.240 e. The van der Waals surface area contributed by atoms with E-state index in [2.05, 4.69) is 14.9 Å². The normalized spacial score (nSPS) is 17.1. The minimum Gasteiger partial charge on any atom is -0.369 e. The van der Waals surface area contributed by atoms with Crippen molar-refractivity contribution in [1.29, 1.82) is 0 Å². The summed E-state index contributed by atoms with van der Waals surface area (Å²) in [6, 6.07) is 13.4. The third kappa shape index (κ3) is 7.03. The molecular weight excluding hydrogens is 452 g/mol. The van der Waals surface area contributed by atoms with Gasteiger partial charge in [0, 0.05) is 36.8 Å². The van der Waals surface area contributed by atoms with Crippen LogP contribution in [0.2, 0.25) is 5.02 Å². The third-order valence-corrected chi connectivity index (χ3v) is 7.00. The Morgan fingerprint density at radius 1 is 1.16 bits per heavy atom. The summed E-state index contributed by atoms with van der Waals surface area (Å²) in [5.74, 6) is -0.645. The maximum absolute atomic E-state index is 12.3. The third-order valence-electron chi connectivity index (χ3n) is 5.30. The summed E-state index contributed by atoms with van der Waals surface area (Å²) in [6.07, 6.45) is 1.78. The smallest absolute Gasteiger partial charge is 0.240 e. The van der Waals surface area contributed by atoms with Crippen LogP contribution in [0.1, 0.15) is 24.8 Å². The van der Waals surface area contributed by atoms with Crippen molar-refractivity contribution in [3.05, 3.63) is 59.1 Å². The Bertz CT molecular complexity index is 1060. The number of likely N-dealkylation sites (tertiary alicyclic amines) is 1. The highest BCUT2D eigenvalue weighted by Crippen LogP contribution is 2.19. The molecule has 8 nitrogen and oxygen atoms in total. The summed E-state index contributed by atoms with van der Waals surface area (Å²) < 4.78 is 26.9. The summed E-state index contributed by atoms with van der Waals surface area (Å²) in [5.41, 5.74) is 7.14. The van der Waals surface area contributed by atoms with Crippen LogP contribution in [-0.2, 0) is 26.2 Å². The van der Waals surface area contributed by atoms with E-state index in [0.29, 0.717) is 23.8 Å². The van der Waals surface area contributed by atoms with Crippen LogP contribution < -0.4 is 15.8 Å². The molecule has 0 aliphatic carbocycles. The molecule has 3 rings (SSSR count). The molecule has 2 aromatic carbocycles. The van der Waals surface area contributed by atoms with Crippen molar-refractivity contribution in [2.24, 2.45) is 11.7 Å². The number of nitrogens with zero attached hydrogens (tertiary/aromatic N) is 1. The highest BCUT2D eigenvalue weighted by atomic mass is 35.5. The standard InChI is InChI=1S/C22H27ClN4O4S/c23-18-4-1-5-20(13-18)32(30,31)25-11-10-21(28)26-19-8-6-16(7-9-19)14-27-12-2-3-17(15-27)22(24)29/h1,4-9,13,17,25H,2-3,10-12,14-15H2,(H2,24,29)(H,26,28). The zero-order chi connectivity index (χ0) is 23.1. The van der Waals surface area contributed by atoms with Crippen LogP contribution >= 0.6 is 11.6 Å². The first-order valence-corrected chi connectivity index (χ1v) is 12.2. The van der Waals surface area contributed by atoms with Crippen molar-refractivity contribution in [3.63, 3.8) is 0 Å². The van der Waals surface area contributed by atoms with Gasteiger partial charge < -0.3 is 11.1 Å². The van der Waals surface area contributed by atoms with Crippen molar-refractivity contribution in [1.82, 2.24) is 9.62 Å². The summed E-state index contributed by atoms with van der Waals surface area (Å²) in [5, 5.41) is 3.08. The fourth-order valence-corrected chi connectivity index (χ4v) is 4.96. The number of amides is 2. The molecule has 1 aliphatic heterocycles. The monoisotopic (exact) mass is 478 g/mol. The molecule has 1 saturated heterocycles. The predicted molar refractivity (Wildman–Crippen MR) is 124 cm³/mol. The molecule has 0 radical (unpaired) electrons. The number of piperidine rings is 1. The number of hydrogen-bond acceptors (Lipinski definition) is 5. The Hall–Kier alpha value is -2.46. The number of nitrogens with one attached hydrogen (secondary N) is 2. The molecule has 32 heavy (non-hydrogen) atoms. The number of rotatable bonds is 9. The van der Waals surface area contributed by atoms with E-state index in [4.69, 9.17) is 17.3 Å². The minimum absolute atomic E-state index is 0.0101. The SMILES string of the molecule is NC(=O)C1CCCN(Cc2ccc(NC(=O)CCNS(=O)(=O)c3cccc(Cl)c3)cc2)C1. The van der Waals surface area contributed by atoms with Crippen molar-refractivity contribution in [2.75, 3.05) is 25.0 Å². The Labute approximate surface area is 193 Å². The van der Waals surface area contributed by atoms with Gasteiger partial charge in [-0.25, -0.2) is 13.1 Å². The number of nitrogens with two attached hydrogens (primary N) is 1. The van der Waals surface area contributed by atoms with E-state index in [1.165, 1.54) is 12.1 Å². The zero-order valence-corrected chi connectivity index (χ0v) is 19.2. The van der Waals surface area contributed by atoms with Crippen LogP contribution in [0.3, 0.4) is 0 Å². The molecule has 2 amide bonds. The minimum atomic E-state index is -3.73. The Morgan fingerprint density at radius 3 is 2.59 bits per heavy atom. The van der Waals surface area contributed by atoms with E-state index in [9.17, 15) is 18.0 Å². The van der Waals surface area contributed by atoms with Crippen LogP contribution in [0.25, 0.3) is 0 Å². The van der Waals surface area contributed by atoms with E-state index in [-0.39, 0.29) is 35.6 Å². The molecule has 10 heteroatoms. The number of hydrogen-bond donors (Lipinski definition) is 3. The quantitative estimate of drug-likeness (QED) is 0.510. The number of primary amides is 1. The topological polar surface area (TPSA) is 122 Å². The number of benzene rings is 2. The molecule has 1 unspecified atom stereocenters. The van der Waals surface area contributed by atoms with Gasteiger partial charge in [-0.2, -0.15) is 0 Å². The highest BCUT2D eigenvalue weighted by molar-refractivity contribution is 7.89. The summed E-state index contributed by atoms with van der Waals surface area (Å²) >= 11 is 5.83. The van der Waals surface area contributed by atoms with E-state index >= 15 is 0 Å². The van der Waals surface area contributed by atoms with Gasteiger partial charge in [-0.1, -0.05) is 29.8 Å². The molecule has 2 aromatic rings. The second-order valence-electron chi connectivity index (χ2n) is 7.83. The molecule has 1 aliphatic rings. The first-order valence-electron chi connectivity index (χ1n) is 10.4. The van der Waals surface area contributed by atoms with Crippen molar-refractivity contribution in [3.8, 4) is 0 Å². The number of halogens is 1. The second kappa shape index (κ2) is 10.9. The van der Waals surface area contributed by atoms with Gasteiger partial charge in [0.1, 0.15) is 0 Å². The number of sulfonamides is 1. The van der Waals surface area contributed by atoms with Gasteiger partial charge in [0.2, 0.25) is 21.8 Å². The van der Waals surface area contributed by atoms with Gasteiger partial charge in [0.25, 0.3) is 0 Å². The first-order chi connectivity index (χ1) is 15.2. The van der Waals surface area contributed by atoms with Crippen molar-refractivity contribution >= 4 is 39.1 Å². The van der Waals surface area contributed by atoms with Gasteiger partial charge in [-0.15, -0.1) is 0 Å². The van der Waals surface area contributed by atoms with E-state index < -0.39 is 10.0 Å². The van der Waals surface area contributed by atoms with E-state index in [0.717, 1.165) is 24.9 Å². The fraction of sp³-hybridized carbons (Fsp3) is 0.364. The average molecular weight is 479 g/mol. The first kappa shape index (κ1) is 24.2. The molecule has 1 atom stereocenters. The maximum atomic E-state index is 12.3. The summed E-state index contributed by atoms with van der Waals surface area (Å²) in [7, 11) is -3.73. The van der Waals surface area contributed by atoms with Crippen LogP contribution in [0, 0.1) is 5.92 Å². The molecule has 0 bridgehead atoms. The molecule has 1 heterocycles. The Kier molecular flexibility index (Phi) is 8.25. The van der Waals surface area contributed by atoms with E-state index in [1.54, 1.807) is 24.3 Å². The molecule has 172 valence electrons. The molecule has 0 aromatic heterocycles. The molecule has 0 spiro atoms. The number of anilines is 1. The lowest BCUT2D eigenvalue weighted by molar-refractivity contribution is -0.123. The van der Waals surface area contributed by atoms with Gasteiger partial charge in [0.15, 0.2) is 0 Å². The fourth-order valence-electron chi connectivity index (χ4n) is 3.62. The van der Waals surface area contributed by atoms with Gasteiger partial charge >= 0.3 is 0 Å².